The second-order valence-corrected chi connectivity index (χ2v) is 16.2. The van der Waals surface area contributed by atoms with Gasteiger partial charge < -0.3 is 54.9 Å². The number of nitrogens with one attached hydrogen (secondary N) is 1. The van der Waals surface area contributed by atoms with Crippen LogP contribution in [0.15, 0.2) is 41.2 Å². The lowest BCUT2D eigenvalue weighted by Crippen LogP contribution is -2.49. The molecule has 1 unspecified atom stereocenters. The minimum atomic E-state index is -2.07. The number of phenols is 3. The maximum atomic E-state index is 14.4. The number of aliphatic hydroxyl groups is 3. The highest BCUT2D eigenvalue weighted by atomic mass is 16.7. The molecule has 60 heavy (non-hydrogen) atoms. The summed E-state index contributed by atoms with van der Waals surface area (Å²) in [6.07, 6.45) is 3.74. The first-order valence-electron chi connectivity index (χ1n) is 19.9. The maximum Gasteiger partial charge on any atom is 0.312 e. The second kappa shape index (κ2) is 18.2. The summed E-state index contributed by atoms with van der Waals surface area (Å²) in [5.41, 5.74) is -0.602. The number of anilines is 1. The number of hydrogen-bond acceptors (Lipinski definition) is 16. The van der Waals surface area contributed by atoms with E-state index < -0.39 is 95.0 Å². The zero-order valence-electron chi connectivity index (χ0n) is 35.7. The molecule has 0 radical (unpaired) electrons. The number of rotatable bonds is 4. The van der Waals surface area contributed by atoms with Crippen molar-refractivity contribution in [2.24, 2.45) is 28.8 Å². The largest absolute Gasteiger partial charge is 0.507 e. The Morgan fingerprint density at radius 1 is 0.967 bits per heavy atom. The van der Waals surface area contributed by atoms with E-state index in [1.807, 2.05) is 0 Å². The zero-order chi connectivity index (χ0) is 44.5. The van der Waals surface area contributed by atoms with Crippen molar-refractivity contribution in [1.82, 2.24) is 9.91 Å². The third-order valence-electron chi connectivity index (χ3n) is 12.0. The van der Waals surface area contributed by atoms with Gasteiger partial charge in [0, 0.05) is 74.2 Å². The Hall–Kier alpha value is -5.20. The molecule has 0 saturated carbocycles. The highest BCUT2D eigenvalue weighted by Gasteiger charge is 2.50. The number of methoxy groups -OCH3 is 1. The van der Waals surface area contributed by atoms with Gasteiger partial charge in [0.15, 0.2) is 5.75 Å². The summed E-state index contributed by atoms with van der Waals surface area (Å²) < 4.78 is 23.6. The van der Waals surface area contributed by atoms with Crippen molar-refractivity contribution in [1.29, 1.82) is 0 Å². The van der Waals surface area contributed by atoms with E-state index in [1.165, 1.54) is 64.4 Å². The Morgan fingerprint density at radius 3 is 2.28 bits per heavy atom. The first-order valence-corrected chi connectivity index (χ1v) is 19.9. The number of hydrogen-bond donors (Lipinski definition) is 7. The van der Waals surface area contributed by atoms with Crippen LogP contribution in [0.2, 0.25) is 0 Å². The lowest BCUT2D eigenvalue weighted by Gasteiger charge is -2.38. The number of likely N-dealkylation sites (N-methyl/N-ethyl adjacent to an activating group) is 1. The van der Waals surface area contributed by atoms with Gasteiger partial charge in [-0.1, -0.05) is 45.9 Å². The molecule has 17 nitrogen and oxygen atoms in total. The van der Waals surface area contributed by atoms with Crippen LogP contribution in [0.1, 0.15) is 70.0 Å². The fourth-order valence-corrected chi connectivity index (χ4v) is 7.96. The number of carbonyl (C=O) groups excluding carboxylic acids is 3. The van der Waals surface area contributed by atoms with E-state index in [9.17, 15) is 45.0 Å². The van der Waals surface area contributed by atoms with Crippen molar-refractivity contribution in [2.45, 2.75) is 91.8 Å². The van der Waals surface area contributed by atoms with Gasteiger partial charge in [0.05, 0.1) is 59.5 Å². The third-order valence-corrected chi connectivity index (χ3v) is 12.0. The van der Waals surface area contributed by atoms with Gasteiger partial charge in [0.1, 0.15) is 29.6 Å². The monoisotopic (exact) mass is 838 g/mol. The van der Waals surface area contributed by atoms with Gasteiger partial charge in [0.2, 0.25) is 0 Å². The van der Waals surface area contributed by atoms with Crippen LogP contribution < -0.4 is 10.1 Å². The number of carbonyl (C=O) groups is 3. The number of esters is 1. The Kier molecular flexibility index (Phi) is 13.9. The summed E-state index contributed by atoms with van der Waals surface area (Å²) in [5, 5.41) is 76.8. The van der Waals surface area contributed by atoms with Crippen molar-refractivity contribution >= 4 is 40.3 Å². The van der Waals surface area contributed by atoms with Crippen molar-refractivity contribution in [2.75, 3.05) is 39.1 Å². The topological polar surface area (TPSA) is 240 Å². The molecule has 328 valence electrons. The van der Waals surface area contributed by atoms with Crippen LogP contribution in [0.4, 0.5) is 5.69 Å². The van der Waals surface area contributed by atoms with E-state index in [0.717, 1.165) is 0 Å². The fraction of sp³-hybridized carbons (Fsp3) is 0.535. The third kappa shape index (κ3) is 8.81. The predicted octanol–water partition coefficient (Wildman–Crippen LogP) is 3.65. The van der Waals surface area contributed by atoms with E-state index in [2.05, 4.69) is 10.4 Å². The van der Waals surface area contributed by atoms with Crippen LogP contribution in [0, 0.1) is 30.6 Å². The number of ketones is 1. The summed E-state index contributed by atoms with van der Waals surface area (Å²) in [4.78, 5) is 42.2. The lowest BCUT2D eigenvalue weighted by atomic mass is 9.78. The van der Waals surface area contributed by atoms with Crippen LogP contribution in [0.3, 0.4) is 0 Å². The number of amides is 1. The average Bonchev–Trinajstić information content (AvgIpc) is 3.47. The first-order chi connectivity index (χ1) is 28.1. The number of hydrazone groups is 1. The zero-order valence-corrected chi connectivity index (χ0v) is 35.7. The molecule has 6 rings (SSSR count). The van der Waals surface area contributed by atoms with E-state index in [-0.39, 0.29) is 51.0 Å². The van der Waals surface area contributed by atoms with Crippen LogP contribution in [-0.4, -0.2) is 135 Å². The fourth-order valence-electron chi connectivity index (χ4n) is 7.96. The van der Waals surface area contributed by atoms with E-state index in [0.29, 0.717) is 13.1 Å². The number of ether oxygens (including phenoxy) is 4. The van der Waals surface area contributed by atoms with Crippen LogP contribution in [0.25, 0.3) is 10.8 Å². The number of Topliss-reactive ketones (excluding diaryl/α,β-unsaturated/α-hetero) is 1. The molecule has 2 aromatic rings. The Morgan fingerprint density at radius 2 is 1.65 bits per heavy atom. The molecule has 7 N–H and O–H groups in total. The van der Waals surface area contributed by atoms with Gasteiger partial charge >= 0.3 is 11.8 Å². The van der Waals surface area contributed by atoms with Crippen LogP contribution in [-0.2, 0) is 23.8 Å². The maximum absolute atomic E-state index is 14.4. The molecule has 5 bridgehead atoms. The Balaban J connectivity index is 1.71. The number of allylic oxidation sites excluding steroid dienone is 2. The molecule has 17 heteroatoms. The highest BCUT2D eigenvalue weighted by Crippen LogP contribution is 2.55. The highest BCUT2D eigenvalue weighted by molar-refractivity contribution is 6.23. The number of β-amino-alcohol motifs (C(OH)–C–C–N with tert-alkyl or cyclic N) is 1. The van der Waals surface area contributed by atoms with E-state index >= 15 is 0 Å². The smallest absolute Gasteiger partial charge is 0.312 e. The number of fused-ring (bicyclic) bond motifs is 14. The minimum absolute atomic E-state index is 0.0272. The van der Waals surface area contributed by atoms with Crippen molar-refractivity contribution in [3.63, 3.8) is 0 Å². The summed E-state index contributed by atoms with van der Waals surface area (Å²) in [6, 6.07) is 0. The number of phenolic OH excluding ortho intramolecular Hbond substituents is 3. The molecule has 0 aliphatic carbocycles. The molecule has 4 aliphatic heterocycles. The molecule has 4 heterocycles. The average molecular weight is 839 g/mol. The first kappa shape index (κ1) is 45.9. The number of piperazine rings is 1. The van der Waals surface area contributed by atoms with Crippen LogP contribution >= 0.6 is 0 Å². The van der Waals surface area contributed by atoms with Gasteiger partial charge in [-0.05, 0) is 27.0 Å². The van der Waals surface area contributed by atoms with Gasteiger partial charge in [-0.15, -0.1) is 0 Å². The van der Waals surface area contributed by atoms with Gasteiger partial charge in [-0.3, -0.25) is 24.3 Å². The van der Waals surface area contributed by atoms with Crippen molar-refractivity contribution in [3.05, 3.63) is 52.8 Å². The Labute approximate surface area is 349 Å². The summed E-state index contributed by atoms with van der Waals surface area (Å²) in [6.45, 7) is 13.4. The summed E-state index contributed by atoms with van der Waals surface area (Å²) in [7, 11) is 3.18. The predicted molar refractivity (Wildman–Crippen MR) is 222 cm³/mol. The minimum Gasteiger partial charge on any atom is -0.507 e. The van der Waals surface area contributed by atoms with Crippen molar-refractivity contribution in [3.8, 4) is 23.0 Å². The van der Waals surface area contributed by atoms with Gasteiger partial charge in [0.25, 0.3) is 11.7 Å². The standard InChI is InChI=1S/C43H58N4O13/c1-20-12-11-13-21(2)42(56)45-33-27(18-44-47-16-15-46(9)29(49)19-47)37(53)30-31(38(33)54)36(52)25(6)40-32(30)41(55)43(8,60-40)58-17-14-28(57-10)22(3)39(59-26(7)48)24(5)35(51)23(4)34(20)50/h11-14,17-18,20,22-24,28-29,34-35,39,49-54H,15-16,19H2,1-10H3,(H,45,56)/b12-11+,17-14+,21-13-,44-18+/t20-,22+,23+,24+,28-,29?,34-,35+,39+,43-/m0/s1. The second-order valence-electron chi connectivity index (χ2n) is 16.2. The normalized spacial score (nSPS) is 33.0. The lowest BCUT2D eigenvalue weighted by molar-refractivity contribution is -0.160. The van der Waals surface area contributed by atoms with E-state index in [1.54, 1.807) is 51.8 Å². The molecule has 0 aromatic heterocycles. The molecule has 2 aromatic carbocycles. The molecular formula is C43H58N4O13. The number of benzene rings is 2. The van der Waals surface area contributed by atoms with Gasteiger partial charge in [-0.25, -0.2) is 0 Å². The van der Waals surface area contributed by atoms with E-state index in [4.69, 9.17) is 18.9 Å². The number of aromatic hydroxyl groups is 3. The molecule has 1 amide bonds. The molecule has 0 spiro atoms. The molecule has 4 aliphatic rings. The van der Waals surface area contributed by atoms with Gasteiger partial charge in [-0.2, -0.15) is 5.10 Å². The SMILES string of the molecule is CO[C@H]1/C=C/O[C@@]2(C)Oc3c(C)c(O)c4c(O)c(c(/C=N/N5CCN(C)C(O)C5)c(O)c4c3C2=O)NC(=O)/C(C)=C\C=C\[C@H](C)[C@H](O)[C@@H](C)[C@@H](O)[C@@H](C)[C@H](OC(C)=O)[C@@H]1C. The number of aliphatic hydroxyl groups excluding tert-OH is 3. The quantitative estimate of drug-likeness (QED) is 0.101. The van der Waals surface area contributed by atoms with Crippen LogP contribution in [0.5, 0.6) is 23.0 Å². The number of nitrogens with zero attached hydrogens (tertiary/aromatic N) is 3. The Bertz CT molecular complexity index is 2120. The molecular weight excluding hydrogens is 780 g/mol. The molecule has 1 saturated heterocycles. The van der Waals surface area contributed by atoms with Crippen molar-refractivity contribution < 1.29 is 64.0 Å². The summed E-state index contributed by atoms with van der Waals surface area (Å²) >= 11 is 0. The molecule has 10 atom stereocenters. The summed E-state index contributed by atoms with van der Waals surface area (Å²) in [5.74, 6) is -8.71. The molecule has 1 fully saturated rings.